The van der Waals surface area contributed by atoms with Gasteiger partial charge < -0.3 is 10.1 Å². The fourth-order valence-corrected chi connectivity index (χ4v) is 6.33. The summed E-state index contributed by atoms with van der Waals surface area (Å²) >= 11 is 0. The number of carbonyl (C=O) groups is 1. The van der Waals surface area contributed by atoms with E-state index in [2.05, 4.69) is 19.9 Å². The van der Waals surface area contributed by atoms with Crippen molar-refractivity contribution in [2.75, 3.05) is 32.8 Å². The van der Waals surface area contributed by atoms with Gasteiger partial charge in [0.05, 0.1) is 18.1 Å². The first-order valence-corrected chi connectivity index (χ1v) is 13.1. The van der Waals surface area contributed by atoms with E-state index >= 15 is 0 Å². The summed E-state index contributed by atoms with van der Waals surface area (Å²) in [5, 5.41) is 3.18. The van der Waals surface area contributed by atoms with E-state index in [4.69, 9.17) is 4.74 Å². The van der Waals surface area contributed by atoms with Gasteiger partial charge in [-0.15, -0.1) is 0 Å². The molecule has 3 aliphatic rings. The van der Waals surface area contributed by atoms with Gasteiger partial charge in [-0.25, -0.2) is 8.42 Å². The molecule has 0 radical (unpaired) electrons. The SMILES string of the molecule is CC(C)[C@H](N=C1NS(=O)(=O)c2ccccc21)C(=O)NCC1(N2CCOCC2)CCCCC1. The largest absolute Gasteiger partial charge is 0.379 e. The summed E-state index contributed by atoms with van der Waals surface area (Å²) < 4.78 is 32.9. The number of benzene rings is 1. The molecule has 4 rings (SSSR count). The van der Waals surface area contributed by atoms with Crippen LogP contribution in [0.4, 0.5) is 0 Å². The van der Waals surface area contributed by atoms with Crippen molar-refractivity contribution in [3.05, 3.63) is 29.8 Å². The Kier molecular flexibility index (Phi) is 6.88. The summed E-state index contributed by atoms with van der Waals surface area (Å²) in [5.41, 5.74) is 0.483. The number of nitrogens with one attached hydrogen (secondary N) is 2. The van der Waals surface area contributed by atoms with E-state index in [0.717, 1.165) is 39.1 Å². The Labute approximate surface area is 190 Å². The van der Waals surface area contributed by atoms with Crippen molar-refractivity contribution < 1.29 is 17.9 Å². The first-order valence-electron chi connectivity index (χ1n) is 11.6. The molecule has 0 spiro atoms. The number of morpholine rings is 1. The Morgan fingerprint density at radius 2 is 1.88 bits per heavy atom. The summed E-state index contributed by atoms with van der Waals surface area (Å²) in [6.07, 6.45) is 5.72. The predicted octanol–water partition coefficient (Wildman–Crippen LogP) is 1.90. The second-order valence-electron chi connectivity index (χ2n) is 9.37. The molecule has 1 atom stereocenters. The van der Waals surface area contributed by atoms with Gasteiger partial charge in [0.2, 0.25) is 5.91 Å². The van der Waals surface area contributed by atoms with E-state index in [0.29, 0.717) is 12.1 Å². The van der Waals surface area contributed by atoms with Crippen LogP contribution in [0.5, 0.6) is 0 Å². The molecule has 1 aromatic rings. The fourth-order valence-electron chi connectivity index (χ4n) is 5.09. The van der Waals surface area contributed by atoms with Crippen molar-refractivity contribution in [1.82, 2.24) is 14.9 Å². The van der Waals surface area contributed by atoms with Crippen LogP contribution < -0.4 is 10.0 Å². The van der Waals surface area contributed by atoms with Crippen molar-refractivity contribution in [2.45, 2.75) is 62.4 Å². The van der Waals surface area contributed by atoms with E-state index in [9.17, 15) is 13.2 Å². The van der Waals surface area contributed by atoms with E-state index in [-0.39, 0.29) is 28.1 Å². The number of aliphatic imine (C=N–C) groups is 1. The summed E-state index contributed by atoms with van der Waals surface area (Å²) in [6.45, 7) is 7.70. The van der Waals surface area contributed by atoms with Crippen LogP contribution in [0.3, 0.4) is 0 Å². The molecule has 0 bridgehead atoms. The van der Waals surface area contributed by atoms with Gasteiger partial charge in [0, 0.05) is 30.7 Å². The minimum atomic E-state index is -3.64. The number of ether oxygens (including phenoxy) is 1. The number of amides is 1. The molecule has 1 amide bonds. The second kappa shape index (κ2) is 9.49. The third-order valence-corrected chi connectivity index (χ3v) is 8.29. The van der Waals surface area contributed by atoms with E-state index in [1.807, 2.05) is 13.8 Å². The average Bonchev–Trinajstić information content (AvgIpc) is 3.07. The maximum Gasteiger partial charge on any atom is 0.263 e. The summed E-state index contributed by atoms with van der Waals surface area (Å²) in [4.78, 5) is 20.6. The normalized spacial score (nSPS) is 24.7. The zero-order valence-electron chi connectivity index (χ0n) is 19.0. The predicted molar refractivity (Wildman–Crippen MR) is 123 cm³/mol. The molecule has 32 heavy (non-hydrogen) atoms. The number of carbonyl (C=O) groups excluding carboxylic acids is 1. The number of rotatable bonds is 6. The zero-order valence-corrected chi connectivity index (χ0v) is 19.8. The topological polar surface area (TPSA) is 100 Å². The number of hydrogen-bond acceptors (Lipinski definition) is 6. The van der Waals surface area contributed by atoms with Crippen LogP contribution in [-0.2, 0) is 19.6 Å². The molecule has 1 saturated heterocycles. The van der Waals surface area contributed by atoms with Crippen LogP contribution in [0.15, 0.2) is 34.2 Å². The first-order chi connectivity index (χ1) is 15.3. The first kappa shape index (κ1) is 23.2. The monoisotopic (exact) mass is 462 g/mol. The number of nitrogens with zero attached hydrogens (tertiary/aromatic N) is 2. The van der Waals surface area contributed by atoms with Gasteiger partial charge >= 0.3 is 0 Å². The van der Waals surface area contributed by atoms with Gasteiger partial charge in [0.25, 0.3) is 10.0 Å². The number of fused-ring (bicyclic) bond motifs is 1. The lowest BCUT2D eigenvalue weighted by Gasteiger charge is -2.48. The Morgan fingerprint density at radius 3 is 2.56 bits per heavy atom. The van der Waals surface area contributed by atoms with E-state index < -0.39 is 16.1 Å². The van der Waals surface area contributed by atoms with Gasteiger partial charge in [-0.3, -0.25) is 19.4 Å². The zero-order chi connectivity index (χ0) is 22.8. The standard InChI is InChI=1S/C23H34N4O4S/c1-17(2)20(25-21-18-8-4-5-9-19(18)32(29,30)26-21)22(28)24-16-23(10-6-3-7-11-23)27-12-14-31-15-13-27/h4-5,8-9,17,20H,3,6-7,10-16H2,1-2H3,(H,24,28)(H,25,26)/t20-/m0/s1. The van der Waals surface area contributed by atoms with Crippen molar-refractivity contribution in [2.24, 2.45) is 10.9 Å². The molecular formula is C23H34N4O4S. The number of amidine groups is 1. The summed E-state index contributed by atoms with van der Waals surface area (Å²) in [5.74, 6) is 0.00903. The smallest absolute Gasteiger partial charge is 0.263 e. The fraction of sp³-hybridized carbons (Fsp3) is 0.652. The Morgan fingerprint density at radius 1 is 1.19 bits per heavy atom. The van der Waals surface area contributed by atoms with Crippen molar-refractivity contribution >= 4 is 21.8 Å². The minimum absolute atomic E-state index is 0.0338. The third kappa shape index (κ3) is 4.70. The molecule has 2 heterocycles. The highest BCUT2D eigenvalue weighted by atomic mass is 32.2. The minimum Gasteiger partial charge on any atom is -0.379 e. The molecule has 1 aromatic carbocycles. The van der Waals surface area contributed by atoms with Crippen LogP contribution in [0.25, 0.3) is 0 Å². The highest BCUT2D eigenvalue weighted by molar-refractivity contribution is 7.90. The third-order valence-electron chi connectivity index (χ3n) is 6.89. The molecule has 1 aliphatic carbocycles. The molecule has 0 unspecified atom stereocenters. The molecule has 8 nitrogen and oxygen atoms in total. The summed E-state index contributed by atoms with van der Waals surface area (Å²) in [6, 6.07) is 6.06. The van der Waals surface area contributed by atoms with Gasteiger partial charge in [0.1, 0.15) is 11.9 Å². The van der Waals surface area contributed by atoms with Crippen molar-refractivity contribution in [3.63, 3.8) is 0 Å². The van der Waals surface area contributed by atoms with Gasteiger partial charge in [-0.05, 0) is 30.9 Å². The molecule has 9 heteroatoms. The average molecular weight is 463 g/mol. The lowest BCUT2D eigenvalue weighted by atomic mass is 9.79. The van der Waals surface area contributed by atoms with Gasteiger partial charge in [-0.1, -0.05) is 45.2 Å². The summed E-state index contributed by atoms with van der Waals surface area (Å²) in [7, 11) is -3.64. The van der Waals surface area contributed by atoms with E-state index in [1.54, 1.807) is 24.3 Å². The molecule has 1 saturated carbocycles. The maximum atomic E-state index is 13.3. The lowest BCUT2D eigenvalue weighted by molar-refractivity contribution is -0.124. The van der Waals surface area contributed by atoms with Crippen molar-refractivity contribution in [3.8, 4) is 0 Å². The van der Waals surface area contributed by atoms with Crippen molar-refractivity contribution in [1.29, 1.82) is 0 Å². The quantitative estimate of drug-likeness (QED) is 0.673. The number of hydrogen-bond donors (Lipinski definition) is 2. The molecule has 176 valence electrons. The van der Waals surface area contributed by atoms with E-state index in [1.165, 1.54) is 19.3 Å². The van der Waals surface area contributed by atoms with Crippen LogP contribution in [0, 0.1) is 5.92 Å². The molecular weight excluding hydrogens is 428 g/mol. The maximum absolute atomic E-state index is 13.3. The number of sulfonamides is 1. The molecule has 2 aliphatic heterocycles. The molecule has 2 N–H and O–H groups in total. The molecule has 0 aromatic heterocycles. The van der Waals surface area contributed by atoms with Crippen LogP contribution >= 0.6 is 0 Å². The Balaban J connectivity index is 1.52. The van der Waals surface area contributed by atoms with Gasteiger partial charge in [0.15, 0.2) is 0 Å². The Hall–Kier alpha value is -1.97. The highest BCUT2D eigenvalue weighted by Crippen LogP contribution is 2.34. The second-order valence-corrected chi connectivity index (χ2v) is 11.0. The van der Waals surface area contributed by atoms with Crippen LogP contribution in [0.2, 0.25) is 0 Å². The Bertz CT molecular complexity index is 964. The van der Waals surface area contributed by atoms with Crippen LogP contribution in [0.1, 0.15) is 51.5 Å². The van der Waals surface area contributed by atoms with Gasteiger partial charge in [-0.2, -0.15) is 0 Å². The lowest BCUT2D eigenvalue weighted by Crippen LogP contribution is -2.60. The highest BCUT2D eigenvalue weighted by Gasteiger charge is 2.40. The van der Waals surface area contributed by atoms with Crippen LogP contribution in [-0.4, -0.2) is 69.5 Å². The molecule has 2 fully saturated rings.